The molecule has 1 aromatic heterocycles. The SMILES string of the molecule is C=C[C@H](c1ccc2[nH]ccc2c1)N1CCNCC1. The number of fused-ring (bicyclic) bond motifs is 1. The van der Waals surface area contributed by atoms with Crippen molar-refractivity contribution in [2.75, 3.05) is 26.2 Å². The molecule has 0 spiro atoms. The summed E-state index contributed by atoms with van der Waals surface area (Å²) in [5, 5.41) is 4.66. The standard InChI is InChI=1S/C15H19N3/c1-2-15(18-9-7-16-8-10-18)13-3-4-14-12(11-13)5-6-17-14/h2-6,11,15-17H,1,7-10H2/t15-/m1/s1. The molecular formula is C15H19N3. The van der Waals surface area contributed by atoms with E-state index in [1.807, 2.05) is 6.20 Å². The van der Waals surface area contributed by atoms with E-state index in [0.717, 1.165) is 26.2 Å². The monoisotopic (exact) mass is 241 g/mol. The number of hydrogen-bond donors (Lipinski definition) is 2. The van der Waals surface area contributed by atoms with Gasteiger partial charge in [-0.1, -0.05) is 12.1 Å². The molecule has 2 heterocycles. The summed E-state index contributed by atoms with van der Waals surface area (Å²) < 4.78 is 0. The molecule has 0 bridgehead atoms. The molecule has 0 aliphatic carbocycles. The lowest BCUT2D eigenvalue weighted by atomic mass is 10.0. The normalized spacial score (nSPS) is 18.9. The molecule has 0 unspecified atom stereocenters. The molecule has 1 aromatic carbocycles. The number of nitrogens with zero attached hydrogens (tertiary/aromatic N) is 1. The van der Waals surface area contributed by atoms with Gasteiger partial charge in [0.25, 0.3) is 0 Å². The summed E-state index contributed by atoms with van der Waals surface area (Å²) >= 11 is 0. The van der Waals surface area contributed by atoms with Crippen molar-refractivity contribution in [3.05, 3.63) is 48.7 Å². The highest BCUT2D eigenvalue weighted by Crippen LogP contribution is 2.25. The number of benzene rings is 1. The molecule has 0 radical (unpaired) electrons. The van der Waals surface area contributed by atoms with Crippen LogP contribution in [0.15, 0.2) is 43.1 Å². The second-order valence-corrected chi connectivity index (χ2v) is 4.79. The number of aromatic amines is 1. The van der Waals surface area contributed by atoms with Crippen LogP contribution in [0.5, 0.6) is 0 Å². The van der Waals surface area contributed by atoms with Crippen molar-refractivity contribution >= 4 is 10.9 Å². The van der Waals surface area contributed by atoms with Crippen LogP contribution in [-0.4, -0.2) is 36.1 Å². The van der Waals surface area contributed by atoms with Crippen LogP contribution in [0, 0.1) is 0 Å². The Balaban J connectivity index is 1.91. The number of piperazine rings is 1. The lowest BCUT2D eigenvalue weighted by Crippen LogP contribution is -2.44. The van der Waals surface area contributed by atoms with Crippen LogP contribution in [0.3, 0.4) is 0 Å². The molecule has 3 rings (SSSR count). The first kappa shape index (κ1) is 11.5. The first-order chi connectivity index (χ1) is 8.88. The van der Waals surface area contributed by atoms with Gasteiger partial charge in [0.1, 0.15) is 0 Å². The third-order valence-electron chi connectivity index (χ3n) is 3.69. The largest absolute Gasteiger partial charge is 0.361 e. The summed E-state index contributed by atoms with van der Waals surface area (Å²) in [6, 6.07) is 9.07. The van der Waals surface area contributed by atoms with Crippen molar-refractivity contribution in [1.82, 2.24) is 15.2 Å². The van der Waals surface area contributed by atoms with Crippen LogP contribution >= 0.6 is 0 Å². The summed E-state index contributed by atoms with van der Waals surface area (Å²) in [6.45, 7) is 8.31. The van der Waals surface area contributed by atoms with Crippen molar-refractivity contribution in [2.24, 2.45) is 0 Å². The van der Waals surface area contributed by atoms with Gasteiger partial charge in [0.2, 0.25) is 0 Å². The van der Waals surface area contributed by atoms with Gasteiger partial charge >= 0.3 is 0 Å². The number of nitrogens with one attached hydrogen (secondary N) is 2. The van der Waals surface area contributed by atoms with E-state index >= 15 is 0 Å². The Morgan fingerprint density at radius 3 is 2.83 bits per heavy atom. The van der Waals surface area contributed by atoms with Crippen molar-refractivity contribution in [1.29, 1.82) is 0 Å². The Morgan fingerprint density at radius 2 is 2.06 bits per heavy atom. The lowest BCUT2D eigenvalue weighted by Gasteiger charge is -2.33. The average molecular weight is 241 g/mol. The van der Waals surface area contributed by atoms with Crippen LogP contribution in [0.4, 0.5) is 0 Å². The maximum absolute atomic E-state index is 4.01. The van der Waals surface area contributed by atoms with Crippen molar-refractivity contribution in [2.45, 2.75) is 6.04 Å². The molecule has 1 atom stereocenters. The van der Waals surface area contributed by atoms with Gasteiger partial charge in [-0.05, 0) is 29.1 Å². The first-order valence-corrected chi connectivity index (χ1v) is 6.53. The zero-order valence-corrected chi connectivity index (χ0v) is 10.5. The minimum absolute atomic E-state index is 0.325. The summed E-state index contributed by atoms with van der Waals surface area (Å²) in [5.74, 6) is 0. The van der Waals surface area contributed by atoms with Gasteiger partial charge in [-0.3, -0.25) is 4.90 Å². The van der Waals surface area contributed by atoms with E-state index in [0.29, 0.717) is 6.04 Å². The number of hydrogen-bond acceptors (Lipinski definition) is 2. The molecular weight excluding hydrogens is 222 g/mol. The summed E-state index contributed by atoms with van der Waals surface area (Å²) in [5.41, 5.74) is 2.53. The van der Waals surface area contributed by atoms with Crippen molar-refractivity contribution in [3.8, 4) is 0 Å². The van der Waals surface area contributed by atoms with Gasteiger partial charge in [0.05, 0.1) is 6.04 Å². The fraction of sp³-hybridized carbons (Fsp3) is 0.333. The van der Waals surface area contributed by atoms with Crippen LogP contribution in [-0.2, 0) is 0 Å². The number of H-pyrrole nitrogens is 1. The Kier molecular flexibility index (Phi) is 3.17. The van der Waals surface area contributed by atoms with Crippen LogP contribution in [0.1, 0.15) is 11.6 Å². The summed E-state index contributed by atoms with van der Waals surface area (Å²) in [7, 11) is 0. The van der Waals surface area contributed by atoms with Gasteiger partial charge in [-0.2, -0.15) is 0 Å². The quantitative estimate of drug-likeness (QED) is 0.808. The molecule has 3 heteroatoms. The highest BCUT2D eigenvalue weighted by Gasteiger charge is 2.19. The van der Waals surface area contributed by atoms with E-state index in [9.17, 15) is 0 Å². The van der Waals surface area contributed by atoms with Crippen LogP contribution in [0.25, 0.3) is 10.9 Å². The second-order valence-electron chi connectivity index (χ2n) is 4.79. The molecule has 1 aliphatic heterocycles. The molecule has 2 N–H and O–H groups in total. The lowest BCUT2D eigenvalue weighted by molar-refractivity contribution is 0.203. The van der Waals surface area contributed by atoms with Crippen molar-refractivity contribution in [3.63, 3.8) is 0 Å². The van der Waals surface area contributed by atoms with E-state index in [-0.39, 0.29) is 0 Å². The van der Waals surface area contributed by atoms with Crippen molar-refractivity contribution < 1.29 is 0 Å². The molecule has 1 saturated heterocycles. The zero-order valence-electron chi connectivity index (χ0n) is 10.5. The maximum atomic E-state index is 4.01. The Bertz CT molecular complexity index is 537. The topological polar surface area (TPSA) is 31.1 Å². The molecule has 0 saturated carbocycles. The van der Waals surface area contributed by atoms with Crippen LogP contribution < -0.4 is 5.32 Å². The number of aromatic nitrogens is 1. The van der Waals surface area contributed by atoms with Gasteiger partial charge < -0.3 is 10.3 Å². The Labute approximate surface area is 107 Å². The van der Waals surface area contributed by atoms with E-state index in [2.05, 4.69) is 52.1 Å². The molecule has 1 aliphatic rings. The van der Waals surface area contributed by atoms with Gasteiger partial charge in [-0.25, -0.2) is 0 Å². The number of rotatable bonds is 3. The fourth-order valence-corrected chi connectivity index (χ4v) is 2.71. The zero-order chi connectivity index (χ0) is 12.4. The van der Waals surface area contributed by atoms with Gasteiger partial charge in [-0.15, -0.1) is 6.58 Å². The van der Waals surface area contributed by atoms with E-state index < -0.39 is 0 Å². The highest BCUT2D eigenvalue weighted by molar-refractivity contribution is 5.80. The van der Waals surface area contributed by atoms with Gasteiger partial charge in [0, 0.05) is 37.9 Å². The minimum Gasteiger partial charge on any atom is -0.361 e. The highest BCUT2D eigenvalue weighted by atomic mass is 15.2. The molecule has 18 heavy (non-hydrogen) atoms. The maximum Gasteiger partial charge on any atom is 0.0530 e. The van der Waals surface area contributed by atoms with E-state index in [4.69, 9.17) is 0 Å². The molecule has 1 fully saturated rings. The smallest absolute Gasteiger partial charge is 0.0530 e. The molecule has 2 aromatic rings. The Hall–Kier alpha value is -1.58. The third kappa shape index (κ3) is 2.07. The minimum atomic E-state index is 0.325. The summed E-state index contributed by atoms with van der Waals surface area (Å²) in [4.78, 5) is 5.72. The second kappa shape index (κ2) is 4.96. The molecule has 0 amide bonds. The predicted octanol–water partition coefficient (Wildman–Crippen LogP) is 2.30. The third-order valence-corrected chi connectivity index (χ3v) is 3.69. The average Bonchev–Trinajstić information content (AvgIpc) is 2.88. The van der Waals surface area contributed by atoms with Crippen LogP contribution in [0.2, 0.25) is 0 Å². The molecule has 94 valence electrons. The molecule has 3 nitrogen and oxygen atoms in total. The summed E-state index contributed by atoms with van der Waals surface area (Å²) in [6.07, 6.45) is 4.04. The van der Waals surface area contributed by atoms with Gasteiger partial charge in [0.15, 0.2) is 0 Å². The van der Waals surface area contributed by atoms with E-state index in [1.165, 1.54) is 16.5 Å². The predicted molar refractivity (Wildman–Crippen MR) is 75.7 cm³/mol. The fourth-order valence-electron chi connectivity index (χ4n) is 2.71. The first-order valence-electron chi connectivity index (χ1n) is 6.53. The van der Waals surface area contributed by atoms with E-state index in [1.54, 1.807) is 0 Å². The Morgan fingerprint density at radius 1 is 1.22 bits per heavy atom.